The Morgan fingerprint density at radius 1 is 1.03 bits per heavy atom. The highest BCUT2D eigenvalue weighted by Gasteiger charge is 2.28. The average Bonchev–Trinajstić information content (AvgIpc) is 2.83. The molecule has 33 heavy (non-hydrogen) atoms. The van der Waals surface area contributed by atoms with Crippen molar-refractivity contribution in [2.24, 2.45) is 5.92 Å². The van der Waals surface area contributed by atoms with Gasteiger partial charge in [-0.2, -0.15) is 0 Å². The third kappa shape index (κ3) is 6.79. The van der Waals surface area contributed by atoms with Crippen LogP contribution in [0.1, 0.15) is 30.9 Å². The number of hydrogen-bond acceptors (Lipinski definition) is 4. The quantitative estimate of drug-likeness (QED) is 0.707. The number of benzene rings is 2. The molecule has 7 heteroatoms. The van der Waals surface area contributed by atoms with Crippen LogP contribution in [0.2, 0.25) is 0 Å². The Labute approximate surface area is 196 Å². The van der Waals surface area contributed by atoms with Crippen molar-refractivity contribution >= 4 is 17.6 Å². The van der Waals surface area contributed by atoms with Gasteiger partial charge in [-0.05, 0) is 43.0 Å². The van der Waals surface area contributed by atoms with Crippen LogP contribution in [0, 0.1) is 5.92 Å². The molecule has 3 amide bonds. The van der Waals surface area contributed by atoms with E-state index in [-0.39, 0.29) is 24.0 Å². The van der Waals surface area contributed by atoms with Crippen molar-refractivity contribution in [1.29, 1.82) is 0 Å². The van der Waals surface area contributed by atoms with Gasteiger partial charge >= 0.3 is 6.03 Å². The second-order valence-electron chi connectivity index (χ2n) is 9.04. The lowest BCUT2D eigenvalue weighted by molar-refractivity contribution is -0.126. The number of carbonyl (C=O) groups is 2. The standard InChI is InChI=1S/C26H34N4O3/c1-20-17-29(13-14-33-20)18-22-8-5-7-21(15-22)16-27-25(31)23-9-6-12-30(19-23)26(32)28-24-10-3-2-4-11-24/h2-5,7-8,10-11,15,20,23H,6,9,12-14,16-19H2,1H3,(H,27,31)(H,28,32). The fourth-order valence-corrected chi connectivity index (χ4v) is 4.56. The molecule has 0 saturated carbocycles. The lowest BCUT2D eigenvalue weighted by Crippen LogP contribution is -2.46. The minimum atomic E-state index is -0.182. The second kappa shape index (κ2) is 11.3. The van der Waals surface area contributed by atoms with Crippen molar-refractivity contribution in [3.8, 4) is 0 Å². The first-order valence-corrected chi connectivity index (χ1v) is 11.9. The number of carbonyl (C=O) groups excluding carboxylic acids is 2. The van der Waals surface area contributed by atoms with Crippen LogP contribution in [0.4, 0.5) is 10.5 Å². The highest BCUT2D eigenvalue weighted by molar-refractivity contribution is 5.90. The van der Waals surface area contributed by atoms with Gasteiger partial charge in [0.25, 0.3) is 0 Å². The third-order valence-corrected chi connectivity index (χ3v) is 6.29. The predicted octanol–water partition coefficient (Wildman–Crippen LogP) is 3.47. The number of anilines is 1. The molecule has 0 aromatic heterocycles. The minimum absolute atomic E-state index is 0.0135. The maximum atomic E-state index is 12.8. The van der Waals surface area contributed by atoms with Crippen molar-refractivity contribution in [3.05, 3.63) is 65.7 Å². The Morgan fingerprint density at radius 2 is 1.85 bits per heavy atom. The molecule has 2 aliphatic rings. The van der Waals surface area contributed by atoms with Gasteiger partial charge in [-0.1, -0.05) is 42.5 Å². The number of rotatable bonds is 6. The molecule has 2 atom stereocenters. The number of ether oxygens (including phenoxy) is 1. The van der Waals surface area contributed by atoms with Crippen LogP contribution in [0.3, 0.4) is 0 Å². The molecule has 2 aromatic rings. The maximum Gasteiger partial charge on any atom is 0.321 e. The van der Waals surface area contributed by atoms with Crippen LogP contribution in [-0.4, -0.2) is 60.6 Å². The fraction of sp³-hybridized carbons (Fsp3) is 0.462. The van der Waals surface area contributed by atoms with Crippen molar-refractivity contribution in [2.75, 3.05) is 38.1 Å². The van der Waals surface area contributed by atoms with Crippen LogP contribution < -0.4 is 10.6 Å². The van der Waals surface area contributed by atoms with E-state index < -0.39 is 0 Å². The number of nitrogens with zero attached hydrogens (tertiary/aromatic N) is 2. The van der Waals surface area contributed by atoms with Gasteiger partial charge in [0, 0.05) is 45.0 Å². The highest BCUT2D eigenvalue weighted by Crippen LogP contribution is 2.19. The van der Waals surface area contributed by atoms with Gasteiger partial charge in [0.15, 0.2) is 0 Å². The number of hydrogen-bond donors (Lipinski definition) is 2. The molecule has 2 saturated heterocycles. The van der Waals surface area contributed by atoms with Gasteiger partial charge in [-0.25, -0.2) is 4.79 Å². The number of para-hydroxylation sites is 1. The van der Waals surface area contributed by atoms with Gasteiger partial charge in [-0.15, -0.1) is 0 Å². The molecule has 7 nitrogen and oxygen atoms in total. The van der Waals surface area contributed by atoms with E-state index >= 15 is 0 Å². The summed E-state index contributed by atoms with van der Waals surface area (Å²) in [5.41, 5.74) is 3.11. The summed E-state index contributed by atoms with van der Waals surface area (Å²) in [6, 6.07) is 17.7. The largest absolute Gasteiger partial charge is 0.376 e. The van der Waals surface area contributed by atoms with Gasteiger partial charge in [0.1, 0.15) is 0 Å². The summed E-state index contributed by atoms with van der Waals surface area (Å²) in [6.07, 6.45) is 1.90. The van der Waals surface area contributed by atoms with Crippen molar-refractivity contribution in [1.82, 2.24) is 15.1 Å². The number of morpholine rings is 1. The molecule has 2 N–H and O–H groups in total. The van der Waals surface area contributed by atoms with Crippen molar-refractivity contribution in [3.63, 3.8) is 0 Å². The number of nitrogens with one attached hydrogen (secondary N) is 2. The average molecular weight is 451 g/mol. The van der Waals surface area contributed by atoms with Gasteiger partial charge < -0.3 is 20.3 Å². The molecule has 176 valence electrons. The van der Waals surface area contributed by atoms with E-state index in [4.69, 9.17) is 4.74 Å². The van der Waals surface area contributed by atoms with Crippen LogP contribution in [0.5, 0.6) is 0 Å². The van der Waals surface area contributed by atoms with Crippen LogP contribution in [0.25, 0.3) is 0 Å². The van der Waals surface area contributed by atoms with Crippen LogP contribution >= 0.6 is 0 Å². The zero-order valence-electron chi connectivity index (χ0n) is 19.3. The summed E-state index contributed by atoms with van der Waals surface area (Å²) in [6.45, 7) is 7.28. The van der Waals surface area contributed by atoms with Crippen LogP contribution in [0.15, 0.2) is 54.6 Å². The van der Waals surface area contributed by atoms with E-state index in [0.29, 0.717) is 19.6 Å². The summed E-state index contributed by atoms with van der Waals surface area (Å²) in [4.78, 5) is 29.6. The lowest BCUT2D eigenvalue weighted by Gasteiger charge is -2.32. The van der Waals surface area contributed by atoms with E-state index in [1.165, 1.54) is 5.56 Å². The first-order valence-electron chi connectivity index (χ1n) is 11.9. The van der Waals surface area contributed by atoms with E-state index in [1.54, 1.807) is 4.90 Å². The van der Waals surface area contributed by atoms with Crippen LogP contribution in [-0.2, 0) is 22.6 Å². The minimum Gasteiger partial charge on any atom is -0.376 e. The van der Waals surface area contributed by atoms with E-state index in [9.17, 15) is 9.59 Å². The lowest BCUT2D eigenvalue weighted by atomic mass is 9.97. The van der Waals surface area contributed by atoms with Gasteiger partial charge in [-0.3, -0.25) is 9.69 Å². The molecule has 4 rings (SSSR count). The number of likely N-dealkylation sites (tertiary alicyclic amines) is 1. The van der Waals surface area contributed by atoms with E-state index in [0.717, 1.165) is 50.3 Å². The molecule has 2 aromatic carbocycles. The summed E-state index contributed by atoms with van der Waals surface area (Å²) in [5, 5.41) is 6.00. The Kier molecular flexibility index (Phi) is 7.96. The fourth-order valence-electron chi connectivity index (χ4n) is 4.56. The molecule has 0 aliphatic carbocycles. The smallest absolute Gasteiger partial charge is 0.321 e. The molecule has 2 heterocycles. The second-order valence-corrected chi connectivity index (χ2v) is 9.04. The summed E-state index contributed by atoms with van der Waals surface area (Å²) in [5.74, 6) is -0.169. The number of amides is 3. The molecule has 0 spiro atoms. The van der Waals surface area contributed by atoms with E-state index in [2.05, 4.69) is 40.7 Å². The van der Waals surface area contributed by atoms with Gasteiger partial charge in [0.05, 0.1) is 18.6 Å². The highest BCUT2D eigenvalue weighted by atomic mass is 16.5. The molecule has 2 fully saturated rings. The molecular weight excluding hydrogens is 416 g/mol. The number of urea groups is 1. The predicted molar refractivity (Wildman–Crippen MR) is 129 cm³/mol. The maximum absolute atomic E-state index is 12.8. The first-order chi connectivity index (χ1) is 16.1. The Hall–Kier alpha value is -2.90. The molecule has 0 radical (unpaired) electrons. The first kappa shape index (κ1) is 23.3. The van der Waals surface area contributed by atoms with E-state index in [1.807, 2.05) is 36.4 Å². The topological polar surface area (TPSA) is 73.9 Å². The zero-order chi connectivity index (χ0) is 23.0. The SMILES string of the molecule is CC1CN(Cc2cccc(CNC(=O)C3CCCN(C(=O)Nc4ccccc4)C3)c2)CCO1. The molecular formula is C26H34N4O3. The molecule has 2 aliphatic heterocycles. The monoisotopic (exact) mass is 450 g/mol. The summed E-state index contributed by atoms with van der Waals surface area (Å²) >= 11 is 0. The van der Waals surface area contributed by atoms with Crippen molar-refractivity contribution < 1.29 is 14.3 Å². The summed E-state index contributed by atoms with van der Waals surface area (Å²) < 4.78 is 5.63. The van der Waals surface area contributed by atoms with Gasteiger partial charge in [0.2, 0.25) is 5.91 Å². The normalized spacial score (nSPS) is 21.4. The number of piperidine rings is 1. The van der Waals surface area contributed by atoms with Crippen molar-refractivity contribution in [2.45, 2.75) is 39.0 Å². The Bertz CT molecular complexity index is 936. The molecule has 2 unspecified atom stereocenters. The Balaban J connectivity index is 1.26. The Morgan fingerprint density at radius 3 is 2.67 bits per heavy atom. The zero-order valence-corrected chi connectivity index (χ0v) is 19.3. The molecule has 0 bridgehead atoms. The third-order valence-electron chi connectivity index (χ3n) is 6.29. The summed E-state index contributed by atoms with van der Waals surface area (Å²) in [7, 11) is 0.